The molecule has 128 valence electrons. The number of β-amino-alcohol motifs (C(OH)–C–C–N with tert-alkyl or cyclic N) is 1. The molecule has 0 atom stereocenters. The zero-order chi connectivity index (χ0) is 17.7. The minimum Gasteiger partial charge on any atom is -0.494 e. The number of carbonyl (C=O) groups is 3. The zero-order valence-electron chi connectivity index (χ0n) is 13.2. The van der Waals surface area contributed by atoms with Crippen LogP contribution in [0.2, 0.25) is 0 Å². The van der Waals surface area contributed by atoms with Gasteiger partial charge in [-0.1, -0.05) is 0 Å². The van der Waals surface area contributed by atoms with Gasteiger partial charge in [0.2, 0.25) is 0 Å². The van der Waals surface area contributed by atoms with Crippen LogP contribution in [0.3, 0.4) is 0 Å². The van der Waals surface area contributed by atoms with Gasteiger partial charge in [0.25, 0.3) is 11.8 Å². The first kappa shape index (κ1) is 17.3. The summed E-state index contributed by atoms with van der Waals surface area (Å²) in [4.78, 5) is 36.0. The summed E-state index contributed by atoms with van der Waals surface area (Å²) in [6, 6.07) is 4.71. The number of aliphatic hydroxyl groups is 1. The predicted molar refractivity (Wildman–Crippen MR) is 84.5 cm³/mol. The first-order valence-corrected chi connectivity index (χ1v) is 6.98. The summed E-state index contributed by atoms with van der Waals surface area (Å²) in [5, 5.41) is 14.2. The summed E-state index contributed by atoms with van der Waals surface area (Å²) < 4.78 is 9.69. The maximum Gasteiger partial charge on any atom is 0.411 e. The Labute approximate surface area is 137 Å². The van der Waals surface area contributed by atoms with Crippen molar-refractivity contribution < 1.29 is 29.0 Å². The van der Waals surface area contributed by atoms with Gasteiger partial charge in [-0.2, -0.15) is 0 Å². The van der Waals surface area contributed by atoms with Crippen LogP contribution in [0.15, 0.2) is 30.0 Å². The van der Waals surface area contributed by atoms with E-state index in [-0.39, 0.29) is 18.8 Å². The third kappa shape index (κ3) is 3.63. The smallest absolute Gasteiger partial charge is 0.411 e. The van der Waals surface area contributed by atoms with Crippen LogP contribution >= 0.6 is 0 Å². The Morgan fingerprint density at radius 1 is 1.29 bits per heavy atom. The molecular weight excluding hydrogens is 318 g/mol. The number of amides is 3. The molecular formula is C15H17N3O6. The second kappa shape index (κ2) is 7.47. The number of anilines is 2. The molecule has 0 unspecified atom stereocenters. The van der Waals surface area contributed by atoms with E-state index in [1.807, 2.05) is 0 Å². The number of rotatable bonds is 6. The van der Waals surface area contributed by atoms with Gasteiger partial charge in [-0.3, -0.25) is 19.8 Å². The third-order valence-electron chi connectivity index (χ3n) is 3.24. The van der Waals surface area contributed by atoms with Gasteiger partial charge in [0, 0.05) is 17.8 Å². The number of nitrogens with one attached hydrogen (secondary N) is 2. The molecule has 24 heavy (non-hydrogen) atoms. The lowest BCUT2D eigenvalue weighted by Gasteiger charge is -2.14. The lowest BCUT2D eigenvalue weighted by molar-refractivity contribution is -0.137. The highest BCUT2D eigenvalue weighted by Crippen LogP contribution is 2.29. The molecule has 0 radical (unpaired) electrons. The van der Waals surface area contributed by atoms with E-state index < -0.39 is 17.9 Å². The SMILES string of the molecule is COC(=O)Nc1ccc(NC2=CC(=O)N(CCO)C2=O)cc1OC. The molecule has 0 aliphatic carbocycles. The highest BCUT2D eigenvalue weighted by Gasteiger charge is 2.30. The van der Waals surface area contributed by atoms with E-state index in [1.165, 1.54) is 14.2 Å². The Morgan fingerprint density at radius 2 is 2.04 bits per heavy atom. The van der Waals surface area contributed by atoms with E-state index in [2.05, 4.69) is 15.4 Å². The van der Waals surface area contributed by atoms with E-state index in [1.54, 1.807) is 18.2 Å². The first-order chi connectivity index (χ1) is 11.5. The molecule has 1 aliphatic heterocycles. The Kier molecular flexibility index (Phi) is 5.38. The second-order valence-corrected chi connectivity index (χ2v) is 4.73. The van der Waals surface area contributed by atoms with Gasteiger partial charge >= 0.3 is 6.09 Å². The number of hydrogen-bond acceptors (Lipinski definition) is 7. The minimum absolute atomic E-state index is 0.0648. The maximum absolute atomic E-state index is 12.1. The fourth-order valence-corrected chi connectivity index (χ4v) is 2.10. The number of methoxy groups -OCH3 is 2. The number of nitrogens with zero attached hydrogens (tertiary/aromatic N) is 1. The fraction of sp³-hybridized carbons (Fsp3) is 0.267. The quantitative estimate of drug-likeness (QED) is 0.649. The summed E-state index contributed by atoms with van der Waals surface area (Å²) in [5.41, 5.74) is 0.962. The molecule has 0 spiro atoms. The number of ether oxygens (including phenoxy) is 2. The molecule has 2 rings (SSSR count). The molecule has 3 amide bonds. The van der Waals surface area contributed by atoms with Gasteiger partial charge in [-0.05, 0) is 12.1 Å². The van der Waals surface area contributed by atoms with Gasteiger partial charge in [-0.25, -0.2) is 4.79 Å². The maximum atomic E-state index is 12.1. The molecule has 1 aromatic carbocycles. The molecule has 0 aromatic heterocycles. The van der Waals surface area contributed by atoms with Gasteiger partial charge in [-0.15, -0.1) is 0 Å². The monoisotopic (exact) mass is 335 g/mol. The number of hydrogen-bond donors (Lipinski definition) is 3. The standard InChI is InChI=1S/C15H17N3O6/c1-23-12-7-9(3-4-10(12)17-15(22)24-2)16-11-8-13(20)18(5-6-19)14(11)21/h3-4,7-8,16,19H,5-6H2,1-2H3,(H,17,22). The van der Waals surface area contributed by atoms with Crippen LogP contribution in [0.25, 0.3) is 0 Å². The van der Waals surface area contributed by atoms with Crippen LogP contribution in [0.4, 0.5) is 16.2 Å². The third-order valence-corrected chi connectivity index (χ3v) is 3.24. The Bertz CT molecular complexity index is 700. The van der Waals surface area contributed by atoms with Crippen molar-refractivity contribution in [3.8, 4) is 5.75 Å². The van der Waals surface area contributed by atoms with E-state index in [0.29, 0.717) is 17.1 Å². The minimum atomic E-state index is -0.645. The average Bonchev–Trinajstić information content (AvgIpc) is 2.83. The zero-order valence-corrected chi connectivity index (χ0v) is 13.2. The van der Waals surface area contributed by atoms with Crippen LogP contribution in [-0.2, 0) is 14.3 Å². The molecule has 0 fully saturated rings. The van der Waals surface area contributed by atoms with Crippen molar-refractivity contribution in [1.82, 2.24) is 4.90 Å². The highest BCUT2D eigenvalue weighted by atomic mass is 16.5. The Hall–Kier alpha value is -3.07. The molecule has 3 N–H and O–H groups in total. The summed E-state index contributed by atoms with van der Waals surface area (Å²) in [7, 11) is 2.67. The van der Waals surface area contributed by atoms with Crippen molar-refractivity contribution in [3.05, 3.63) is 30.0 Å². The number of benzene rings is 1. The van der Waals surface area contributed by atoms with Crippen molar-refractivity contribution in [2.24, 2.45) is 0 Å². The molecule has 9 nitrogen and oxygen atoms in total. The summed E-state index contributed by atoms with van der Waals surface area (Å²) in [6.07, 6.45) is 0.512. The van der Waals surface area contributed by atoms with Gasteiger partial charge in [0.05, 0.1) is 33.1 Å². The normalized spacial score (nSPS) is 13.6. The van der Waals surface area contributed by atoms with Crippen molar-refractivity contribution >= 4 is 29.3 Å². The van der Waals surface area contributed by atoms with Gasteiger partial charge < -0.3 is 19.9 Å². The molecule has 1 heterocycles. The molecule has 9 heteroatoms. The van der Waals surface area contributed by atoms with Crippen molar-refractivity contribution in [2.45, 2.75) is 0 Å². The fourth-order valence-electron chi connectivity index (χ4n) is 2.10. The van der Waals surface area contributed by atoms with Crippen LogP contribution in [0.1, 0.15) is 0 Å². The van der Waals surface area contributed by atoms with Crippen LogP contribution < -0.4 is 15.4 Å². The average molecular weight is 335 g/mol. The van der Waals surface area contributed by atoms with Crippen molar-refractivity contribution in [2.75, 3.05) is 38.0 Å². The molecule has 0 saturated carbocycles. The summed E-state index contributed by atoms with van der Waals surface area (Å²) in [5.74, 6) is -0.674. The van der Waals surface area contributed by atoms with Gasteiger partial charge in [0.1, 0.15) is 11.4 Å². The molecule has 1 aromatic rings. The van der Waals surface area contributed by atoms with Crippen molar-refractivity contribution in [3.63, 3.8) is 0 Å². The topological polar surface area (TPSA) is 117 Å². The first-order valence-electron chi connectivity index (χ1n) is 6.98. The van der Waals surface area contributed by atoms with Crippen LogP contribution in [-0.4, -0.2) is 55.3 Å². The highest BCUT2D eigenvalue weighted by molar-refractivity contribution is 6.17. The van der Waals surface area contributed by atoms with Gasteiger partial charge in [0.15, 0.2) is 0 Å². The molecule has 0 bridgehead atoms. The van der Waals surface area contributed by atoms with Crippen LogP contribution in [0, 0.1) is 0 Å². The Morgan fingerprint density at radius 3 is 2.67 bits per heavy atom. The molecule has 1 aliphatic rings. The Balaban J connectivity index is 2.16. The summed E-state index contributed by atoms with van der Waals surface area (Å²) in [6.45, 7) is -0.370. The van der Waals surface area contributed by atoms with E-state index >= 15 is 0 Å². The second-order valence-electron chi connectivity index (χ2n) is 4.73. The number of carbonyl (C=O) groups excluding carboxylic acids is 3. The number of aliphatic hydroxyl groups excluding tert-OH is 1. The number of imide groups is 1. The van der Waals surface area contributed by atoms with E-state index in [0.717, 1.165) is 11.0 Å². The van der Waals surface area contributed by atoms with Crippen LogP contribution in [0.5, 0.6) is 5.75 Å². The largest absolute Gasteiger partial charge is 0.494 e. The van der Waals surface area contributed by atoms with E-state index in [4.69, 9.17) is 9.84 Å². The predicted octanol–water partition coefficient (Wildman–Crippen LogP) is 0.530. The summed E-state index contributed by atoms with van der Waals surface area (Å²) >= 11 is 0. The lowest BCUT2D eigenvalue weighted by atomic mass is 10.2. The molecule has 0 saturated heterocycles. The lowest BCUT2D eigenvalue weighted by Crippen LogP contribution is -2.34. The van der Waals surface area contributed by atoms with Crippen molar-refractivity contribution in [1.29, 1.82) is 0 Å². The van der Waals surface area contributed by atoms with E-state index in [9.17, 15) is 14.4 Å².